The van der Waals surface area contributed by atoms with Crippen molar-refractivity contribution in [2.24, 2.45) is 0 Å². The molecule has 0 bridgehead atoms. The second-order valence-corrected chi connectivity index (χ2v) is 21.9. The molecule has 4 atom stereocenters. The van der Waals surface area contributed by atoms with Gasteiger partial charge in [-0.2, -0.15) is 0 Å². The van der Waals surface area contributed by atoms with E-state index in [4.69, 9.17) is 19.4 Å². The maximum Gasteiger partial charge on any atom is 0.217 e. The van der Waals surface area contributed by atoms with Gasteiger partial charge in [-0.1, -0.05) is 193 Å². The van der Waals surface area contributed by atoms with Gasteiger partial charge in [0.15, 0.2) is 0 Å². The molecule has 8 aromatic carbocycles. The Hall–Kier alpha value is -6.50. The largest absolute Gasteiger partial charge is 0.481 e. The molecule has 0 aliphatic heterocycles. The highest BCUT2D eigenvalue weighted by Gasteiger charge is 2.44. The minimum Gasteiger partial charge on any atom is -0.481 e. The molecule has 2 heterocycles. The Morgan fingerprint density at radius 1 is 0.423 bits per heavy atom. The molecule has 78 heavy (non-hydrogen) atoms. The molecule has 0 aliphatic rings. The second kappa shape index (κ2) is 25.5. The van der Waals surface area contributed by atoms with Crippen LogP contribution in [0.3, 0.4) is 0 Å². The smallest absolute Gasteiger partial charge is 0.217 e. The number of aromatic nitrogens is 2. The van der Waals surface area contributed by atoms with Crippen molar-refractivity contribution < 1.29 is 19.7 Å². The van der Waals surface area contributed by atoms with E-state index in [0.717, 1.165) is 125 Å². The van der Waals surface area contributed by atoms with Crippen LogP contribution in [0.5, 0.6) is 11.8 Å². The molecule has 10 rings (SSSR count). The summed E-state index contributed by atoms with van der Waals surface area (Å²) < 4.78 is 13.8. The van der Waals surface area contributed by atoms with Crippen molar-refractivity contribution in [2.45, 2.75) is 63.6 Å². The highest BCUT2D eigenvalue weighted by Crippen LogP contribution is 2.50. The van der Waals surface area contributed by atoms with E-state index in [-0.39, 0.29) is 0 Å². The number of ether oxygens (including phenoxy) is 2. The van der Waals surface area contributed by atoms with Crippen LogP contribution in [0.15, 0.2) is 203 Å². The third-order valence-electron chi connectivity index (χ3n) is 15.7. The Bertz CT molecular complexity index is 3370. The Kier molecular flexibility index (Phi) is 18.4. The summed E-state index contributed by atoms with van der Waals surface area (Å²) in [6, 6.07) is 66.2. The number of hydrogen-bond donors (Lipinski definition) is 2. The number of halogens is 2. The number of methoxy groups -OCH3 is 2. The van der Waals surface area contributed by atoms with Crippen molar-refractivity contribution in [3.8, 4) is 11.8 Å². The lowest BCUT2D eigenvalue weighted by molar-refractivity contribution is 0.000920. The van der Waals surface area contributed by atoms with E-state index in [1.54, 1.807) is 14.2 Å². The van der Waals surface area contributed by atoms with Gasteiger partial charge in [0.2, 0.25) is 11.8 Å². The lowest BCUT2D eigenvalue weighted by Gasteiger charge is -2.39. The molecule has 0 radical (unpaired) electrons. The van der Waals surface area contributed by atoms with E-state index >= 15 is 0 Å². The summed E-state index contributed by atoms with van der Waals surface area (Å²) in [4.78, 5) is 14.5. The van der Waals surface area contributed by atoms with Crippen LogP contribution < -0.4 is 9.47 Å². The molecule has 8 nitrogen and oxygen atoms in total. The first-order chi connectivity index (χ1) is 37.9. The monoisotopic (exact) mass is 1160 g/mol. The summed E-state index contributed by atoms with van der Waals surface area (Å²) in [7, 11) is 3.31. The maximum absolute atomic E-state index is 13.1. The second-order valence-electron chi connectivity index (χ2n) is 20.1. The summed E-state index contributed by atoms with van der Waals surface area (Å²) in [5, 5.41) is 32.7. The van der Waals surface area contributed by atoms with Crippen LogP contribution in [0.1, 0.15) is 85.8 Å². The SMILES string of the molecule is CCN(CC)CCC(O)(c1ccc2ccccc2c1)C(c1ccccc1)c1cc2cc(Br)ccc2nc1OC.CCN(CC)CCC(O)(c1ccc2ccccc2c1)C(c1ccccc1)c1cc2cc(Br)ccc2nc1OC. The highest BCUT2D eigenvalue weighted by atomic mass is 79.9. The van der Waals surface area contributed by atoms with Gasteiger partial charge in [0.05, 0.1) is 25.3 Å². The third-order valence-corrected chi connectivity index (χ3v) is 16.7. The first-order valence-electron chi connectivity index (χ1n) is 27.2. The molecule has 400 valence electrons. The van der Waals surface area contributed by atoms with Crippen LogP contribution in [-0.4, -0.2) is 83.5 Å². The van der Waals surface area contributed by atoms with Crippen LogP contribution >= 0.6 is 31.9 Å². The zero-order chi connectivity index (χ0) is 54.8. The molecular formula is C68H70Br2N4O4. The number of hydrogen-bond acceptors (Lipinski definition) is 8. The number of fused-ring (bicyclic) bond motifs is 4. The minimum atomic E-state index is -1.23. The van der Waals surface area contributed by atoms with Crippen molar-refractivity contribution in [2.75, 3.05) is 53.5 Å². The average Bonchev–Trinajstić information content (AvgIpc) is 3.67. The van der Waals surface area contributed by atoms with Crippen molar-refractivity contribution in [3.63, 3.8) is 0 Å². The fourth-order valence-corrected chi connectivity index (χ4v) is 12.1. The molecule has 10 aromatic rings. The molecule has 0 spiro atoms. The zero-order valence-corrected chi connectivity index (χ0v) is 48.7. The van der Waals surface area contributed by atoms with Gasteiger partial charge in [-0.15, -0.1) is 0 Å². The van der Waals surface area contributed by atoms with E-state index in [9.17, 15) is 10.2 Å². The zero-order valence-electron chi connectivity index (χ0n) is 45.5. The van der Waals surface area contributed by atoms with Gasteiger partial charge in [0, 0.05) is 55.8 Å². The van der Waals surface area contributed by atoms with Gasteiger partial charge in [-0.3, -0.25) is 0 Å². The summed E-state index contributed by atoms with van der Waals surface area (Å²) in [6.45, 7) is 13.9. The summed E-state index contributed by atoms with van der Waals surface area (Å²) in [6.07, 6.45) is 1.10. The molecule has 2 N–H and O–H groups in total. The van der Waals surface area contributed by atoms with Crippen molar-refractivity contribution >= 4 is 75.2 Å². The predicted octanol–water partition coefficient (Wildman–Crippen LogP) is 15.8. The normalized spacial score (nSPS) is 14.0. The van der Waals surface area contributed by atoms with Crippen LogP contribution in [0.2, 0.25) is 0 Å². The number of aliphatic hydroxyl groups is 2. The molecule has 0 saturated carbocycles. The topological polar surface area (TPSA) is 91.2 Å². The third kappa shape index (κ3) is 12.2. The molecular weight excluding hydrogens is 1100 g/mol. The van der Waals surface area contributed by atoms with Crippen LogP contribution in [0.4, 0.5) is 0 Å². The highest BCUT2D eigenvalue weighted by molar-refractivity contribution is 9.10. The van der Waals surface area contributed by atoms with Gasteiger partial charge >= 0.3 is 0 Å². The summed E-state index contributed by atoms with van der Waals surface area (Å²) in [5.74, 6) is 0.226. The standard InChI is InChI=1S/2C34H35BrN2O2/c2*1-4-37(5-2)20-19-34(38,28-16-15-24-11-9-10-14-26(24)21-28)32(25-12-7-6-8-13-25)30-23-27-22-29(35)17-18-31(27)36-33(30)39-3/h2*6-18,21-23,32,38H,4-5,19-20H2,1-3H3. The number of benzene rings is 8. The fraction of sp³-hybridized carbons (Fsp3) is 0.265. The minimum absolute atomic E-state index is 0.416. The molecule has 0 amide bonds. The quantitative estimate of drug-likeness (QED) is 0.0780. The van der Waals surface area contributed by atoms with E-state index in [1.165, 1.54) is 0 Å². The van der Waals surface area contributed by atoms with Crippen LogP contribution in [0, 0.1) is 0 Å². The van der Waals surface area contributed by atoms with Gasteiger partial charge in [0.25, 0.3) is 0 Å². The van der Waals surface area contributed by atoms with Gasteiger partial charge in [-0.05, 0) is 143 Å². The first-order valence-corrected chi connectivity index (χ1v) is 28.8. The number of nitrogens with zero attached hydrogens (tertiary/aromatic N) is 4. The summed E-state index contributed by atoms with van der Waals surface area (Å²) >= 11 is 7.23. The Labute approximate surface area is 477 Å². The fourth-order valence-electron chi connectivity index (χ4n) is 11.3. The Morgan fingerprint density at radius 2 is 0.782 bits per heavy atom. The Morgan fingerprint density at radius 3 is 1.14 bits per heavy atom. The van der Waals surface area contributed by atoms with E-state index < -0.39 is 23.0 Å². The lowest BCUT2D eigenvalue weighted by atomic mass is 9.71. The molecule has 0 saturated heterocycles. The van der Waals surface area contributed by atoms with E-state index in [2.05, 4.69) is 179 Å². The van der Waals surface area contributed by atoms with Crippen molar-refractivity contribution in [1.29, 1.82) is 0 Å². The molecule has 2 aromatic heterocycles. The van der Waals surface area contributed by atoms with Crippen LogP contribution in [-0.2, 0) is 11.2 Å². The molecule has 0 fully saturated rings. The van der Waals surface area contributed by atoms with Crippen LogP contribution in [0.25, 0.3) is 43.4 Å². The lowest BCUT2D eigenvalue weighted by Crippen LogP contribution is -2.39. The van der Waals surface area contributed by atoms with E-state index in [0.29, 0.717) is 24.6 Å². The van der Waals surface area contributed by atoms with Crippen molar-refractivity contribution in [1.82, 2.24) is 19.8 Å². The average molecular weight is 1170 g/mol. The van der Waals surface area contributed by atoms with E-state index in [1.807, 2.05) is 84.9 Å². The van der Waals surface area contributed by atoms with Crippen molar-refractivity contribution in [3.05, 3.63) is 236 Å². The molecule has 4 unspecified atom stereocenters. The molecule has 10 heteroatoms. The first kappa shape index (κ1) is 56.2. The molecule has 0 aliphatic carbocycles. The predicted molar refractivity (Wildman–Crippen MR) is 329 cm³/mol. The summed E-state index contributed by atoms with van der Waals surface area (Å²) in [5.41, 5.74) is 4.77. The Balaban J connectivity index is 0.000000190. The maximum atomic E-state index is 13.1. The van der Waals surface area contributed by atoms with Gasteiger partial charge in [0.1, 0.15) is 11.2 Å². The number of rotatable bonds is 20. The number of pyridine rings is 2. The van der Waals surface area contributed by atoms with Gasteiger partial charge < -0.3 is 29.5 Å². The van der Waals surface area contributed by atoms with Gasteiger partial charge in [-0.25, -0.2) is 9.97 Å².